The van der Waals surface area contributed by atoms with Gasteiger partial charge in [-0.05, 0) is 42.9 Å². The van der Waals surface area contributed by atoms with Gasteiger partial charge in [-0.2, -0.15) is 0 Å². The first kappa shape index (κ1) is 13.1. The minimum atomic E-state index is 0.642. The predicted octanol–water partition coefficient (Wildman–Crippen LogP) is 4.75. The van der Waals surface area contributed by atoms with Gasteiger partial charge >= 0.3 is 0 Å². The molecule has 2 heteroatoms. The average Bonchev–Trinajstić information content (AvgIpc) is 2.29. The molecule has 0 spiro atoms. The van der Waals surface area contributed by atoms with Crippen molar-refractivity contribution in [2.75, 3.05) is 0 Å². The summed E-state index contributed by atoms with van der Waals surface area (Å²) in [5, 5.41) is 0. The van der Waals surface area contributed by atoms with Crippen LogP contribution in [0, 0.1) is 5.92 Å². The van der Waals surface area contributed by atoms with Crippen LogP contribution in [0.3, 0.4) is 0 Å². The fourth-order valence-corrected chi connectivity index (χ4v) is 3.66. The monoisotopic (exact) mass is 295 g/mol. The molecule has 0 aromatic carbocycles. The minimum absolute atomic E-state index is 0.642. The van der Waals surface area contributed by atoms with Crippen molar-refractivity contribution in [2.24, 2.45) is 5.92 Å². The molecule has 1 fully saturated rings. The zero-order chi connectivity index (χ0) is 11.9. The highest BCUT2D eigenvalue weighted by molar-refractivity contribution is 9.09. The Morgan fingerprint density at radius 3 is 2.29 bits per heavy atom. The molecule has 0 bridgehead atoms. The maximum atomic E-state index is 4.08. The summed E-state index contributed by atoms with van der Waals surface area (Å²) in [5.74, 6) is 0.864. The smallest absolute Gasteiger partial charge is 0.0270 e. The lowest BCUT2D eigenvalue weighted by Crippen LogP contribution is -2.18. The highest BCUT2D eigenvalue weighted by Gasteiger charge is 2.19. The van der Waals surface area contributed by atoms with Crippen molar-refractivity contribution in [2.45, 2.75) is 56.2 Å². The van der Waals surface area contributed by atoms with Gasteiger partial charge in [-0.15, -0.1) is 0 Å². The summed E-state index contributed by atoms with van der Waals surface area (Å²) in [4.78, 5) is 4.72. The number of rotatable bonds is 3. The molecule has 0 amide bonds. The van der Waals surface area contributed by atoms with Gasteiger partial charge in [0.15, 0.2) is 0 Å². The van der Waals surface area contributed by atoms with E-state index in [1.165, 1.54) is 50.5 Å². The lowest BCUT2D eigenvalue weighted by Gasteiger charge is -2.24. The van der Waals surface area contributed by atoms with Gasteiger partial charge in [-0.1, -0.05) is 48.0 Å². The Balaban J connectivity index is 1.87. The van der Waals surface area contributed by atoms with Crippen LogP contribution in [0.15, 0.2) is 24.5 Å². The Kier molecular flexibility index (Phi) is 5.50. The number of hydrogen-bond donors (Lipinski definition) is 0. The maximum absolute atomic E-state index is 4.08. The van der Waals surface area contributed by atoms with Gasteiger partial charge in [0.1, 0.15) is 0 Å². The SMILES string of the molecule is BrC(Cc1ccncc1)C1CCCCCCC1. The highest BCUT2D eigenvalue weighted by Crippen LogP contribution is 2.30. The number of nitrogens with zero attached hydrogens (tertiary/aromatic N) is 1. The maximum Gasteiger partial charge on any atom is 0.0270 e. The normalized spacial score (nSPS) is 20.5. The summed E-state index contributed by atoms with van der Waals surface area (Å²) >= 11 is 3.92. The first-order valence-electron chi connectivity index (χ1n) is 6.89. The van der Waals surface area contributed by atoms with Crippen molar-refractivity contribution in [1.29, 1.82) is 0 Å². The zero-order valence-electron chi connectivity index (χ0n) is 10.4. The number of pyridine rings is 1. The van der Waals surface area contributed by atoms with Crippen molar-refractivity contribution >= 4 is 15.9 Å². The molecule has 1 heterocycles. The third-order valence-electron chi connectivity index (χ3n) is 3.84. The first-order chi connectivity index (χ1) is 8.36. The Labute approximate surface area is 113 Å². The Morgan fingerprint density at radius 1 is 1.06 bits per heavy atom. The summed E-state index contributed by atoms with van der Waals surface area (Å²) in [6.45, 7) is 0. The van der Waals surface area contributed by atoms with Crippen molar-refractivity contribution < 1.29 is 0 Å². The summed E-state index contributed by atoms with van der Waals surface area (Å²) in [7, 11) is 0. The zero-order valence-corrected chi connectivity index (χ0v) is 12.0. The van der Waals surface area contributed by atoms with Crippen LogP contribution >= 0.6 is 15.9 Å². The van der Waals surface area contributed by atoms with E-state index in [-0.39, 0.29) is 0 Å². The number of aromatic nitrogens is 1. The number of halogens is 1. The van der Waals surface area contributed by atoms with Gasteiger partial charge in [0.25, 0.3) is 0 Å². The van der Waals surface area contributed by atoms with E-state index in [1.54, 1.807) is 0 Å². The standard InChI is InChI=1S/C15H22BrN/c16-15(12-13-8-10-17-11-9-13)14-6-4-2-1-3-5-7-14/h8-11,14-15H,1-7,12H2. The summed E-state index contributed by atoms with van der Waals surface area (Å²) in [6.07, 6.45) is 14.9. The minimum Gasteiger partial charge on any atom is -0.265 e. The molecule has 1 atom stereocenters. The van der Waals surface area contributed by atoms with Gasteiger partial charge in [0.05, 0.1) is 0 Å². The molecule has 0 saturated heterocycles. The second-order valence-corrected chi connectivity index (χ2v) is 6.36. The largest absolute Gasteiger partial charge is 0.265 e. The quantitative estimate of drug-likeness (QED) is 0.734. The second-order valence-electron chi connectivity index (χ2n) is 5.18. The highest BCUT2D eigenvalue weighted by atomic mass is 79.9. The average molecular weight is 296 g/mol. The molecule has 1 unspecified atom stereocenters. The van der Waals surface area contributed by atoms with Gasteiger partial charge in [0.2, 0.25) is 0 Å². The van der Waals surface area contributed by atoms with Crippen LogP contribution in [0.25, 0.3) is 0 Å². The molecule has 1 nitrogen and oxygen atoms in total. The first-order valence-corrected chi connectivity index (χ1v) is 7.81. The lowest BCUT2D eigenvalue weighted by atomic mass is 9.87. The van der Waals surface area contributed by atoms with Gasteiger partial charge < -0.3 is 0 Å². The van der Waals surface area contributed by atoms with Crippen molar-refractivity contribution in [1.82, 2.24) is 4.98 Å². The van der Waals surface area contributed by atoms with Crippen molar-refractivity contribution in [3.63, 3.8) is 0 Å². The molecule has 94 valence electrons. The fourth-order valence-electron chi connectivity index (χ4n) is 2.76. The molecule has 1 aromatic heterocycles. The Hall–Kier alpha value is -0.370. The van der Waals surface area contributed by atoms with E-state index >= 15 is 0 Å². The number of hydrogen-bond acceptors (Lipinski definition) is 1. The van der Waals surface area contributed by atoms with Crippen LogP contribution in [0.4, 0.5) is 0 Å². The number of alkyl halides is 1. The lowest BCUT2D eigenvalue weighted by molar-refractivity contribution is 0.370. The fraction of sp³-hybridized carbons (Fsp3) is 0.667. The third-order valence-corrected chi connectivity index (χ3v) is 4.91. The van der Waals surface area contributed by atoms with E-state index in [9.17, 15) is 0 Å². The molecule has 1 saturated carbocycles. The Bertz CT molecular complexity index is 304. The van der Waals surface area contributed by atoms with Gasteiger partial charge in [-0.25, -0.2) is 0 Å². The van der Waals surface area contributed by atoms with Crippen LogP contribution < -0.4 is 0 Å². The Morgan fingerprint density at radius 2 is 1.65 bits per heavy atom. The van der Waals surface area contributed by atoms with E-state index in [2.05, 4.69) is 33.0 Å². The second kappa shape index (κ2) is 7.15. The van der Waals surface area contributed by atoms with E-state index in [0.29, 0.717) is 4.83 Å². The van der Waals surface area contributed by atoms with Crippen LogP contribution in [-0.2, 0) is 6.42 Å². The molecule has 1 aliphatic carbocycles. The van der Waals surface area contributed by atoms with E-state index < -0.39 is 0 Å². The molecule has 0 N–H and O–H groups in total. The molecular weight excluding hydrogens is 274 g/mol. The van der Waals surface area contributed by atoms with E-state index in [0.717, 1.165) is 12.3 Å². The predicted molar refractivity (Wildman–Crippen MR) is 76.5 cm³/mol. The molecule has 2 rings (SSSR count). The van der Waals surface area contributed by atoms with Crippen molar-refractivity contribution in [3.05, 3.63) is 30.1 Å². The topological polar surface area (TPSA) is 12.9 Å². The van der Waals surface area contributed by atoms with Crippen LogP contribution in [0.5, 0.6) is 0 Å². The van der Waals surface area contributed by atoms with Crippen LogP contribution in [-0.4, -0.2) is 9.81 Å². The molecule has 1 aliphatic rings. The van der Waals surface area contributed by atoms with Crippen molar-refractivity contribution in [3.8, 4) is 0 Å². The van der Waals surface area contributed by atoms with E-state index in [1.807, 2.05) is 12.4 Å². The third kappa shape index (κ3) is 4.42. The van der Waals surface area contributed by atoms with E-state index in [4.69, 9.17) is 0 Å². The van der Waals surface area contributed by atoms with Gasteiger partial charge in [0, 0.05) is 17.2 Å². The summed E-state index contributed by atoms with van der Waals surface area (Å²) < 4.78 is 0. The molecule has 1 aromatic rings. The van der Waals surface area contributed by atoms with Crippen LogP contribution in [0.1, 0.15) is 50.5 Å². The molecule has 0 radical (unpaired) electrons. The van der Waals surface area contributed by atoms with Gasteiger partial charge in [-0.3, -0.25) is 4.98 Å². The molecule has 17 heavy (non-hydrogen) atoms. The summed E-state index contributed by atoms with van der Waals surface area (Å²) in [6, 6.07) is 4.27. The molecular formula is C15H22BrN. The summed E-state index contributed by atoms with van der Waals surface area (Å²) in [5.41, 5.74) is 1.41. The van der Waals surface area contributed by atoms with Crippen LogP contribution in [0.2, 0.25) is 0 Å². The molecule has 0 aliphatic heterocycles.